The molecule has 1 aromatic rings. The summed E-state index contributed by atoms with van der Waals surface area (Å²) in [6.07, 6.45) is 7.41. The van der Waals surface area contributed by atoms with Crippen LogP contribution >= 0.6 is 0 Å². The number of hydrogen-bond acceptors (Lipinski definition) is 3. The number of rotatable bonds is 2. The van der Waals surface area contributed by atoms with Crippen LogP contribution in [0.2, 0.25) is 0 Å². The summed E-state index contributed by atoms with van der Waals surface area (Å²) in [4.78, 5) is 12.2. The zero-order valence-electron chi connectivity index (χ0n) is 19.8. The molecule has 6 atom stereocenters. The molecule has 0 saturated heterocycles. The third-order valence-electron chi connectivity index (χ3n) is 9.23. The van der Waals surface area contributed by atoms with E-state index in [4.69, 9.17) is 0 Å². The van der Waals surface area contributed by atoms with Gasteiger partial charge in [0, 0.05) is 30.5 Å². The fraction of sp³-hybridized carbons (Fsp3) is 0.552. The lowest BCUT2D eigenvalue weighted by Crippen LogP contribution is -2.52. The van der Waals surface area contributed by atoms with Crippen molar-refractivity contribution in [2.24, 2.45) is 23.2 Å². The first-order chi connectivity index (χ1) is 15.3. The first-order valence-electron chi connectivity index (χ1n) is 12.2. The largest absolute Gasteiger partial charge is 0.388 e. The summed E-state index contributed by atoms with van der Waals surface area (Å²) in [5, 5.41) is 15.2. The van der Waals surface area contributed by atoms with Gasteiger partial charge in [-0.1, -0.05) is 37.5 Å². The average molecular weight is 430 g/mol. The second kappa shape index (κ2) is 7.63. The highest BCUT2D eigenvalue weighted by Crippen LogP contribution is 2.67. The van der Waals surface area contributed by atoms with Gasteiger partial charge in [0.1, 0.15) is 5.60 Å². The van der Waals surface area contributed by atoms with Gasteiger partial charge in [0.15, 0.2) is 5.78 Å². The van der Waals surface area contributed by atoms with Crippen LogP contribution in [-0.2, 0) is 4.79 Å². The molecule has 0 amide bonds. The first-order valence-corrected chi connectivity index (χ1v) is 12.2. The van der Waals surface area contributed by atoms with E-state index in [1.165, 1.54) is 16.7 Å². The van der Waals surface area contributed by atoms with Crippen molar-refractivity contribution in [3.8, 4) is 11.8 Å². The van der Waals surface area contributed by atoms with Crippen LogP contribution in [0.25, 0.3) is 0 Å². The molecule has 5 rings (SSSR count). The number of aliphatic hydroxyl groups is 1. The predicted octanol–water partition coefficient (Wildman–Crippen LogP) is 5.63. The predicted molar refractivity (Wildman–Crippen MR) is 129 cm³/mol. The summed E-state index contributed by atoms with van der Waals surface area (Å²) in [6, 6.07) is 8.81. The molecule has 2 saturated carbocycles. The van der Waals surface area contributed by atoms with Crippen molar-refractivity contribution in [3.63, 3.8) is 0 Å². The van der Waals surface area contributed by atoms with Crippen LogP contribution in [0, 0.1) is 35.0 Å². The first kappa shape index (κ1) is 21.5. The molecule has 32 heavy (non-hydrogen) atoms. The van der Waals surface area contributed by atoms with Crippen molar-refractivity contribution in [2.45, 2.75) is 70.8 Å². The lowest BCUT2D eigenvalue weighted by molar-refractivity contribution is -0.114. The second-order valence-electron chi connectivity index (χ2n) is 10.6. The van der Waals surface area contributed by atoms with Crippen LogP contribution in [0.5, 0.6) is 0 Å². The van der Waals surface area contributed by atoms with Crippen LogP contribution in [-0.4, -0.2) is 23.5 Å². The standard InChI is InChI=1S/C29H35NO2/c1-5-14-29(32)18(2)15-26-24-12-8-20-16-22(31)11-13-23(20)27(24)25(17-28(26,29)3)19-6-9-21(30-4)10-7-19/h6-7,9-10,16,18,24-26,30,32H,8,11-13,15,17H2,1-4H3. The molecule has 0 heterocycles. The van der Waals surface area contributed by atoms with E-state index < -0.39 is 5.60 Å². The van der Waals surface area contributed by atoms with Crippen LogP contribution in [0.4, 0.5) is 5.69 Å². The van der Waals surface area contributed by atoms with Crippen molar-refractivity contribution in [1.82, 2.24) is 0 Å². The Morgan fingerprint density at radius 3 is 2.59 bits per heavy atom. The highest BCUT2D eigenvalue weighted by atomic mass is 16.3. The van der Waals surface area contributed by atoms with Crippen molar-refractivity contribution < 1.29 is 9.90 Å². The van der Waals surface area contributed by atoms with Gasteiger partial charge in [0.2, 0.25) is 0 Å². The molecule has 3 nitrogen and oxygen atoms in total. The highest BCUT2D eigenvalue weighted by Gasteiger charge is 2.65. The maximum atomic E-state index is 12.2. The molecule has 168 valence electrons. The second-order valence-corrected chi connectivity index (χ2v) is 10.6. The molecule has 2 fully saturated rings. The van der Waals surface area contributed by atoms with Crippen molar-refractivity contribution in [1.29, 1.82) is 0 Å². The number of fused-ring (bicyclic) bond motifs is 4. The summed E-state index contributed by atoms with van der Waals surface area (Å²) >= 11 is 0. The highest BCUT2D eigenvalue weighted by molar-refractivity contribution is 5.93. The minimum atomic E-state index is -0.954. The van der Waals surface area contributed by atoms with Gasteiger partial charge < -0.3 is 10.4 Å². The lowest BCUT2D eigenvalue weighted by Gasteiger charge is -2.54. The van der Waals surface area contributed by atoms with Crippen LogP contribution in [0.15, 0.2) is 47.1 Å². The molecule has 0 aliphatic heterocycles. The van der Waals surface area contributed by atoms with Gasteiger partial charge in [-0.3, -0.25) is 4.79 Å². The number of nitrogens with one attached hydrogen (secondary N) is 1. The molecule has 2 N–H and O–H groups in total. The van der Waals surface area contributed by atoms with E-state index in [1.54, 1.807) is 5.57 Å². The summed E-state index contributed by atoms with van der Waals surface area (Å²) < 4.78 is 0. The van der Waals surface area contributed by atoms with Gasteiger partial charge in [-0.25, -0.2) is 0 Å². The number of benzene rings is 1. The molecule has 0 bridgehead atoms. The number of ketones is 1. The summed E-state index contributed by atoms with van der Waals surface area (Å²) in [6.45, 7) is 6.34. The van der Waals surface area contributed by atoms with Gasteiger partial charge in [-0.2, -0.15) is 0 Å². The summed E-state index contributed by atoms with van der Waals surface area (Å²) in [5.41, 5.74) is 5.53. The third-order valence-corrected chi connectivity index (χ3v) is 9.23. The molecular weight excluding hydrogens is 394 g/mol. The van der Waals surface area contributed by atoms with Gasteiger partial charge in [-0.15, -0.1) is 5.92 Å². The van der Waals surface area contributed by atoms with Crippen LogP contribution in [0.1, 0.15) is 70.8 Å². The molecule has 6 unspecified atom stereocenters. The zero-order chi connectivity index (χ0) is 22.7. The molecule has 0 radical (unpaired) electrons. The van der Waals surface area contributed by atoms with E-state index in [-0.39, 0.29) is 23.0 Å². The average Bonchev–Trinajstić information content (AvgIpc) is 2.99. The van der Waals surface area contributed by atoms with E-state index in [0.717, 1.165) is 37.8 Å². The Kier molecular flexibility index (Phi) is 5.13. The number of allylic oxidation sites excluding steroid dienone is 4. The Morgan fingerprint density at radius 2 is 1.91 bits per heavy atom. The summed E-state index contributed by atoms with van der Waals surface area (Å²) in [7, 11) is 1.95. The Balaban J connectivity index is 1.70. The Labute approximate surface area is 192 Å². The number of anilines is 1. The molecule has 4 aliphatic rings. The normalized spacial score (nSPS) is 38.2. The van der Waals surface area contributed by atoms with Gasteiger partial charge >= 0.3 is 0 Å². The SMILES string of the molecule is CC#CC1(O)C(C)CC2C3CCC4=CC(=O)CCC4=C3C(c3ccc(NC)cc3)CC21C. The molecule has 4 aliphatic carbocycles. The van der Waals surface area contributed by atoms with Crippen LogP contribution < -0.4 is 5.32 Å². The van der Waals surface area contributed by atoms with Crippen LogP contribution in [0.3, 0.4) is 0 Å². The van der Waals surface area contributed by atoms with E-state index in [2.05, 4.69) is 55.3 Å². The van der Waals surface area contributed by atoms with E-state index in [1.807, 2.05) is 20.0 Å². The van der Waals surface area contributed by atoms with E-state index >= 15 is 0 Å². The summed E-state index contributed by atoms with van der Waals surface area (Å²) in [5.74, 6) is 7.93. The Hall–Kier alpha value is -2.31. The van der Waals surface area contributed by atoms with Crippen molar-refractivity contribution in [3.05, 3.63) is 52.6 Å². The van der Waals surface area contributed by atoms with E-state index in [9.17, 15) is 9.90 Å². The van der Waals surface area contributed by atoms with Crippen molar-refractivity contribution in [2.75, 3.05) is 12.4 Å². The topological polar surface area (TPSA) is 49.3 Å². The third kappa shape index (κ3) is 2.96. The lowest BCUT2D eigenvalue weighted by atomic mass is 9.51. The monoisotopic (exact) mass is 429 g/mol. The van der Waals surface area contributed by atoms with Gasteiger partial charge in [-0.05, 0) is 91.7 Å². The maximum Gasteiger partial charge on any atom is 0.156 e. The number of carbonyl (C=O) groups excluding carboxylic acids is 1. The fourth-order valence-electron chi connectivity index (χ4n) is 7.63. The Morgan fingerprint density at radius 1 is 1.16 bits per heavy atom. The number of hydrogen-bond donors (Lipinski definition) is 2. The van der Waals surface area contributed by atoms with Gasteiger partial charge in [0.05, 0.1) is 0 Å². The maximum absolute atomic E-state index is 12.2. The Bertz CT molecular complexity index is 1070. The molecule has 0 spiro atoms. The zero-order valence-corrected chi connectivity index (χ0v) is 19.8. The van der Waals surface area contributed by atoms with E-state index in [0.29, 0.717) is 18.3 Å². The number of carbonyl (C=O) groups is 1. The smallest absolute Gasteiger partial charge is 0.156 e. The minimum Gasteiger partial charge on any atom is -0.388 e. The molecule has 0 aromatic heterocycles. The fourth-order valence-corrected chi connectivity index (χ4v) is 7.63. The van der Waals surface area contributed by atoms with Gasteiger partial charge in [0.25, 0.3) is 0 Å². The molecule has 1 aromatic carbocycles. The minimum absolute atomic E-state index is 0.159. The molecule has 3 heteroatoms. The van der Waals surface area contributed by atoms with Crippen molar-refractivity contribution >= 4 is 11.5 Å². The quantitative estimate of drug-likeness (QED) is 0.599. The molecular formula is C29H35NO2.